The molecule has 2 unspecified atom stereocenters. The average Bonchev–Trinajstić information content (AvgIpc) is 2.42. The summed E-state index contributed by atoms with van der Waals surface area (Å²) in [5.41, 5.74) is 2.92. The molecule has 1 spiro atoms. The fourth-order valence-corrected chi connectivity index (χ4v) is 3.94. The quantitative estimate of drug-likeness (QED) is 0.808. The zero-order valence-electron chi connectivity index (χ0n) is 13.0. The van der Waals surface area contributed by atoms with Crippen molar-refractivity contribution in [2.45, 2.75) is 57.6 Å². The van der Waals surface area contributed by atoms with E-state index in [0.29, 0.717) is 17.6 Å². The molecule has 2 aliphatic rings. The minimum Gasteiger partial charge on any atom is -0.396 e. The summed E-state index contributed by atoms with van der Waals surface area (Å²) in [5, 5.41) is 12.7. The molecule has 2 saturated carbocycles. The number of hydrogen-bond donors (Lipinski definition) is 2. The first-order chi connectivity index (χ1) is 10.3. The maximum Gasteiger partial charge on any atom is 0.0670 e. The lowest BCUT2D eigenvalue weighted by Gasteiger charge is -2.61. The van der Waals surface area contributed by atoms with Crippen molar-refractivity contribution in [2.75, 3.05) is 18.5 Å². The van der Waals surface area contributed by atoms with E-state index in [1.165, 1.54) is 30.5 Å². The Balaban J connectivity index is 1.62. The first kappa shape index (κ1) is 14.9. The van der Waals surface area contributed by atoms with Gasteiger partial charge in [-0.3, -0.25) is 0 Å². The lowest BCUT2D eigenvalue weighted by molar-refractivity contribution is -0.157. The molecule has 0 amide bonds. The third-order valence-electron chi connectivity index (χ3n) is 5.33. The molecule has 0 aliphatic heterocycles. The molecule has 21 heavy (non-hydrogen) atoms. The van der Waals surface area contributed by atoms with E-state index in [9.17, 15) is 0 Å². The topological polar surface area (TPSA) is 41.5 Å². The van der Waals surface area contributed by atoms with Gasteiger partial charge in [0.1, 0.15) is 0 Å². The third-order valence-corrected chi connectivity index (χ3v) is 5.33. The third kappa shape index (κ3) is 2.82. The molecule has 0 radical (unpaired) electrons. The van der Waals surface area contributed by atoms with Gasteiger partial charge in [-0.15, -0.1) is 0 Å². The van der Waals surface area contributed by atoms with Crippen LogP contribution >= 0.6 is 0 Å². The van der Waals surface area contributed by atoms with E-state index < -0.39 is 0 Å². The zero-order chi connectivity index (χ0) is 14.7. The lowest BCUT2D eigenvalue weighted by atomic mass is 9.51. The molecule has 116 valence electrons. The van der Waals surface area contributed by atoms with Crippen LogP contribution in [-0.4, -0.2) is 30.5 Å². The normalized spacial score (nSPS) is 26.2. The van der Waals surface area contributed by atoms with Crippen LogP contribution < -0.4 is 5.32 Å². The average molecular weight is 289 g/mol. The second-order valence-electron chi connectivity index (χ2n) is 6.49. The summed E-state index contributed by atoms with van der Waals surface area (Å²) in [6.07, 6.45) is 7.34. The molecule has 2 N–H and O–H groups in total. The Kier molecular flexibility index (Phi) is 4.51. The molecule has 3 heteroatoms. The van der Waals surface area contributed by atoms with Crippen LogP contribution in [0.15, 0.2) is 24.3 Å². The Labute approximate surface area is 127 Å². The lowest BCUT2D eigenvalue weighted by Crippen LogP contribution is -2.64. The highest BCUT2D eigenvalue weighted by Crippen LogP contribution is 2.58. The molecule has 1 aromatic rings. The van der Waals surface area contributed by atoms with Crippen molar-refractivity contribution in [1.29, 1.82) is 0 Å². The number of ether oxygens (including phenoxy) is 1. The highest BCUT2D eigenvalue weighted by atomic mass is 16.5. The van der Waals surface area contributed by atoms with Crippen LogP contribution in [0.5, 0.6) is 0 Å². The second-order valence-corrected chi connectivity index (χ2v) is 6.49. The summed E-state index contributed by atoms with van der Waals surface area (Å²) < 4.78 is 5.91. The van der Waals surface area contributed by atoms with Gasteiger partial charge in [-0.05, 0) is 56.7 Å². The number of aliphatic hydroxyl groups is 1. The minimum absolute atomic E-state index is 0.263. The molecule has 3 rings (SSSR count). The summed E-state index contributed by atoms with van der Waals surface area (Å²) >= 11 is 0. The first-order valence-electron chi connectivity index (χ1n) is 8.36. The van der Waals surface area contributed by atoms with Crippen LogP contribution in [0.3, 0.4) is 0 Å². The van der Waals surface area contributed by atoms with E-state index in [1.807, 2.05) is 0 Å². The minimum atomic E-state index is 0.263. The summed E-state index contributed by atoms with van der Waals surface area (Å²) in [6, 6.07) is 9.21. The predicted octanol–water partition coefficient (Wildman–Crippen LogP) is 3.37. The van der Waals surface area contributed by atoms with Gasteiger partial charge in [0.25, 0.3) is 0 Å². The van der Waals surface area contributed by atoms with Crippen LogP contribution in [0.25, 0.3) is 0 Å². The van der Waals surface area contributed by atoms with Crippen molar-refractivity contribution >= 4 is 5.69 Å². The molecular weight excluding hydrogens is 262 g/mol. The highest BCUT2D eigenvalue weighted by Gasteiger charge is 2.58. The van der Waals surface area contributed by atoms with Gasteiger partial charge in [-0.2, -0.15) is 0 Å². The number of aryl methyl sites for hydroxylation is 1. The Bertz CT molecular complexity index is 470. The summed E-state index contributed by atoms with van der Waals surface area (Å²) in [5.74, 6) is 0. The van der Waals surface area contributed by atoms with Gasteiger partial charge < -0.3 is 15.2 Å². The molecule has 2 aliphatic carbocycles. The van der Waals surface area contributed by atoms with Crippen molar-refractivity contribution in [2.24, 2.45) is 5.41 Å². The molecule has 3 nitrogen and oxygen atoms in total. The van der Waals surface area contributed by atoms with Crippen molar-refractivity contribution in [3.8, 4) is 0 Å². The number of hydrogen-bond acceptors (Lipinski definition) is 3. The van der Waals surface area contributed by atoms with E-state index in [1.54, 1.807) is 0 Å². The van der Waals surface area contributed by atoms with Crippen molar-refractivity contribution in [3.05, 3.63) is 29.8 Å². The van der Waals surface area contributed by atoms with E-state index in [4.69, 9.17) is 9.84 Å². The Hall–Kier alpha value is -1.06. The van der Waals surface area contributed by atoms with Crippen LogP contribution in [0.4, 0.5) is 5.69 Å². The van der Waals surface area contributed by atoms with Crippen molar-refractivity contribution in [1.82, 2.24) is 0 Å². The fraction of sp³-hybridized carbons (Fsp3) is 0.667. The molecule has 2 fully saturated rings. The summed E-state index contributed by atoms with van der Waals surface area (Å²) in [4.78, 5) is 0. The molecule has 0 heterocycles. The molecule has 0 aromatic heterocycles. The smallest absolute Gasteiger partial charge is 0.0670 e. The maximum absolute atomic E-state index is 8.95. The van der Waals surface area contributed by atoms with E-state index in [0.717, 1.165) is 25.9 Å². The predicted molar refractivity (Wildman–Crippen MR) is 85.6 cm³/mol. The number of aliphatic hydroxyl groups excluding tert-OH is 1. The number of anilines is 1. The van der Waals surface area contributed by atoms with Gasteiger partial charge >= 0.3 is 0 Å². The van der Waals surface area contributed by atoms with Crippen LogP contribution in [0.1, 0.15) is 44.6 Å². The molecule has 1 aromatic carbocycles. The van der Waals surface area contributed by atoms with E-state index in [-0.39, 0.29) is 6.61 Å². The Morgan fingerprint density at radius 1 is 1.38 bits per heavy atom. The van der Waals surface area contributed by atoms with Gasteiger partial charge in [0.2, 0.25) is 0 Å². The van der Waals surface area contributed by atoms with Crippen LogP contribution in [0.2, 0.25) is 0 Å². The van der Waals surface area contributed by atoms with E-state index in [2.05, 4.69) is 36.5 Å². The molecule has 0 bridgehead atoms. The number of rotatable bonds is 7. The van der Waals surface area contributed by atoms with Gasteiger partial charge in [0.15, 0.2) is 0 Å². The second kappa shape index (κ2) is 6.37. The Morgan fingerprint density at radius 3 is 2.90 bits per heavy atom. The Morgan fingerprint density at radius 2 is 2.24 bits per heavy atom. The van der Waals surface area contributed by atoms with Crippen molar-refractivity contribution < 1.29 is 9.84 Å². The van der Waals surface area contributed by atoms with Gasteiger partial charge in [-0.1, -0.05) is 18.6 Å². The highest BCUT2D eigenvalue weighted by molar-refractivity contribution is 5.48. The van der Waals surface area contributed by atoms with Gasteiger partial charge in [0, 0.05) is 30.4 Å². The number of nitrogens with one attached hydrogen (secondary N) is 1. The fourth-order valence-electron chi connectivity index (χ4n) is 3.94. The monoisotopic (exact) mass is 289 g/mol. The van der Waals surface area contributed by atoms with Gasteiger partial charge in [-0.25, -0.2) is 0 Å². The number of benzene rings is 1. The molecular formula is C18H27NO2. The molecule has 2 atom stereocenters. The standard InChI is InChI=1S/C18H27NO2/c1-2-21-17-13-16(18(17)9-5-10-18)19-15-8-3-6-14(12-15)7-4-11-20/h3,6,8,12,16-17,19-20H,2,4-5,7,9-11,13H2,1H3. The van der Waals surface area contributed by atoms with E-state index >= 15 is 0 Å². The maximum atomic E-state index is 8.95. The summed E-state index contributed by atoms with van der Waals surface area (Å²) in [6.45, 7) is 3.19. The summed E-state index contributed by atoms with van der Waals surface area (Å²) in [7, 11) is 0. The first-order valence-corrected chi connectivity index (χ1v) is 8.36. The van der Waals surface area contributed by atoms with Crippen molar-refractivity contribution in [3.63, 3.8) is 0 Å². The largest absolute Gasteiger partial charge is 0.396 e. The SMILES string of the molecule is CCOC1CC(Nc2cccc(CCCO)c2)C12CCC2. The van der Waals surface area contributed by atoms with Crippen LogP contribution in [0, 0.1) is 5.41 Å². The molecule has 0 saturated heterocycles. The van der Waals surface area contributed by atoms with Gasteiger partial charge in [0.05, 0.1) is 6.10 Å². The van der Waals surface area contributed by atoms with Crippen LogP contribution in [-0.2, 0) is 11.2 Å². The zero-order valence-corrected chi connectivity index (χ0v) is 13.0.